The number of hydrogen-bond acceptors (Lipinski definition) is 5. The van der Waals surface area contributed by atoms with E-state index in [4.69, 9.17) is 9.29 Å². The molecule has 210 valence electrons. The van der Waals surface area contributed by atoms with Crippen LogP contribution in [0.25, 0.3) is 11.1 Å². The third-order valence-electron chi connectivity index (χ3n) is 5.84. The largest absolute Gasteiger partial charge is 0.491 e. The summed E-state index contributed by atoms with van der Waals surface area (Å²) in [5.74, 6) is -1.38. The van der Waals surface area contributed by atoms with Crippen molar-refractivity contribution in [2.24, 2.45) is 5.92 Å². The number of nitrogens with one attached hydrogen (secondary N) is 2. The molecule has 7 nitrogen and oxygen atoms in total. The van der Waals surface area contributed by atoms with Gasteiger partial charge < -0.3 is 15.4 Å². The summed E-state index contributed by atoms with van der Waals surface area (Å²) in [4.78, 5) is 12.1. The summed E-state index contributed by atoms with van der Waals surface area (Å²) < 4.78 is 88.8. The van der Waals surface area contributed by atoms with Crippen LogP contribution in [0.5, 0.6) is 5.75 Å². The maximum atomic E-state index is 14.3. The van der Waals surface area contributed by atoms with Gasteiger partial charge in [-0.15, -0.1) is 0 Å². The second kappa shape index (κ2) is 12.5. The molecule has 1 atom stereocenters. The van der Waals surface area contributed by atoms with Crippen LogP contribution in [-0.4, -0.2) is 43.8 Å². The monoisotopic (exact) mass is 568 g/mol. The zero-order chi connectivity index (χ0) is 28.8. The highest BCUT2D eigenvalue weighted by Crippen LogP contribution is 2.33. The predicted octanol–water partition coefficient (Wildman–Crippen LogP) is 5.64. The van der Waals surface area contributed by atoms with Crippen molar-refractivity contribution >= 4 is 21.7 Å². The molecule has 0 radical (unpaired) electrons. The van der Waals surface area contributed by atoms with Crippen LogP contribution in [-0.2, 0) is 16.3 Å². The summed E-state index contributed by atoms with van der Waals surface area (Å²) in [6.07, 6.45) is -4.62. The van der Waals surface area contributed by atoms with E-state index in [0.717, 1.165) is 17.8 Å². The Kier molecular flexibility index (Phi) is 9.57. The predicted molar refractivity (Wildman–Crippen MR) is 140 cm³/mol. The van der Waals surface area contributed by atoms with Gasteiger partial charge in [-0.25, -0.2) is 4.39 Å². The molecule has 3 aromatic carbocycles. The number of carbonyl (C=O) groups excluding carboxylic acids is 1. The summed E-state index contributed by atoms with van der Waals surface area (Å²) in [5, 5.41) is 5.74. The average Bonchev–Trinajstić information content (AvgIpc) is 2.85. The number of alkyl halides is 3. The molecule has 0 aliphatic rings. The van der Waals surface area contributed by atoms with Gasteiger partial charge in [0.15, 0.2) is 0 Å². The van der Waals surface area contributed by atoms with E-state index in [-0.39, 0.29) is 30.7 Å². The van der Waals surface area contributed by atoms with Crippen LogP contribution in [0.3, 0.4) is 0 Å². The van der Waals surface area contributed by atoms with E-state index in [2.05, 4.69) is 10.6 Å². The molecule has 0 saturated heterocycles. The van der Waals surface area contributed by atoms with Gasteiger partial charge in [0.1, 0.15) is 18.2 Å². The maximum absolute atomic E-state index is 14.3. The quantitative estimate of drug-likeness (QED) is 0.204. The lowest BCUT2D eigenvalue weighted by Gasteiger charge is -2.24. The van der Waals surface area contributed by atoms with Crippen molar-refractivity contribution < 1.29 is 40.1 Å². The summed E-state index contributed by atoms with van der Waals surface area (Å²) in [6, 6.07) is 15.2. The topological polar surface area (TPSA) is 105 Å². The number of benzene rings is 3. The highest BCUT2D eigenvalue weighted by Gasteiger charge is 2.31. The van der Waals surface area contributed by atoms with Crippen molar-refractivity contribution in [2.45, 2.75) is 26.1 Å². The minimum atomic E-state index is -4.62. The van der Waals surface area contributed by atoms with E-state index in [0.29, 0.717) is 22.9 Å². The van der Waals surface area contributed by atoms with Gasteiger partial charge in [-0.3, -0.25) is 9.35 Å². The Hall–Kier alpha value is -3.64. The van der Waals surface area contributed by atoms with Crippen molar-refractivity contribution in [1.29, 1.82) is 0 Å². The molecule has 3 rings (SSSR count). The molecule has 39 heavy (non-hydrogen) atoms. The fraction of sp³-hybridized carbons (Fsp3) is 0.296. The van der Waals surface area contributed by atoms with Crippen LogP contribution in [0, 0.1) is 11.7 Å². The van der Waals surface area contributed by atoms with Crippen LogP contribution in [0.4, 0.5) is 23.2 Å². The number of halogens is 4. The Labute approximate surface area is 223 Å². The molecule has 0 spiro atoms. The van der Waals surface area contributed by atoms with Gasteiger partial charge in [0, 0.05) is 23.4 Å². The average molecular weight is 569 g/mol. The van der Waals surface area contributed by atoms with Gasteiger partial charge in [0.25, 0.3) is 16.0 Å². The first-order valence-corrected chi connectivity index (χ1v) is 13.5. The molecule has 3 N–H and O–H groups in total. The standard InChI is InChI=1S/C27H28F4N2O5S/c1-17(2)25(33-21-8-3-19(4-9-21)26(34)32-13-14-39(35,36)37)16-38-22-10-5-18(6-11-22)23-12-7-20(15-24(23)28)27(29,30)31/h3-12,15,17,25,33H,13-14,16H2,1-2H3,(H,32,34)(H,35,36,37). The minimum Gasteiger partial charge on any atom is -0.491 e. The van der Waals surface area contributed by atoms with Crippen molar-refractivity contribution in [3.05, 3.63) is 83.7 Å². The number of amides is 1. The van der Waals surface area contributed by atoms with Crippen molar-refractivity contribution in [2.75, 3.05) is 24.2 Å². The summed E-state index contributed by atoms with van der Waals surface area (Å²) in [7, 11) is -4.16. The maximum Gasteiger partial charge on any atom is 0.416 e. The summed E-state index contributed by atoms with van der Waals surface area (Å²) >= 11 is 0. The third-order valence-corrected chi connectivity index (χ3v) is 6.56. The van der Waals surface area contributed by atoms with E-state index in [1.807, 2.05) is 13.8 Å². The van der Waals surface area contributed by atoms with Gasteiger partial charge in [-0.2, -0.15) is 21.6 Å². The molecule has 0 bridgehead atoms. The number of hydrogen-bond donors (Lipinski definition) is 3. The zero-order valence-corrected chi connectivity index (χ0v) is 21.9. The van der Waals surface area contributed by atoms with Gasteiger partial charge in [0.2, 0.25) is 0 Å². The highest BCUT2D eigenvalue weighted by atomic mass is 32.2. The van der Waals surface area contributed by atoms with E-state index in [1.54, 1.807) is 48.5 Å². The fourth-order valence-corrected chi connectivity index (χ4v) is 3.93. The van der Waals surface area contributed by atoms with E-state index < -0.39 is 39.3 Å². The van der Waals surface area contributed by atoms with Crippen LogP contribution in [0.1, 0.15) is 29.8 Å². The molecule has 1 unspecified atom stereocenters. The Bertz CT molecular complexity index is 1380. The first-order chi connectivity index (χ1) is 18.2. The second-order valence-electron chi connectivity index (χ2n) is 9.14. The molecule has 0 saturated carbocycles. The first-order valence-electron chi connectivity index (χ1n) is 11.9. The van der Waals surface area contributed by atoms with Crippen molar-refractivity contribution in [3.63, 3.8) is 0 Å². The van der Waals surface area contributed by atoms with Crippen LogP contribution < -0.4 is 15.4 Å². The second-order valence-corrected chi connectivity index (χ2v) is 10.7. The van der Waals surface area contributed by atoms with E-state index in [1.165, 1.54) is 0 Å². The lowest BCUT2D eigenvalue weighted by atomic mass is 10.0. The number of rotatable bonds is 11. The van der Waals surface area contributed by atoms with Gasteiger partial charge >= 0.3 is 6.18 Å². The Balaban J connectivity index is 1.58. The first kappa shape index (κ1) is 29.9. The van der Waals surface area contributed by atoms with Crippen LogP contribution >= 0.6 is 0 Å². The van der Waals surface area contributed by atoms with Gasteiger partial charge in [-0.1, -0.05) is 32.0 Å². The van der Waals surface area contributed by atoms with Crippen LogP contribution in [0.15, 0.2) is 66.7 Å². The highest BCUT2D eigenvalue weighted by molar-refractivity contribution is 7.85. The molecule has 0 aliphatic carbocycles. The van der Waals surface area contributed by atoms with E-state index >= 15 is 0 Å². The number of ether oxygens (including phenoxy) is 1. The lowest BCUT2D eigenvalue weighted by molar-refractivity contribution is -0.137. The van der Waals surface area contributed by atoms with Gasteiger partial charge in [-0.05, 0) is 60.0 Å². The van der Waals surface area contributed by atoms with Crippen LogP contribution in [0.2, 0.25) is 0 Å². The molecule has 0 aromatic heterocycles. The molecular formula is C27H28F4N2O5S. The smallest absolute Gasteiger partial charge is 0.416 e. The molecule has 12 heteroatoms. The summed E-state index contributed by atoms with van der Waals surface area (Å²) in [6.45, 7) is 4.04. The fourth-order valence-electron chi connectivity index (χ4n) is 3.57. The summed E-state index contributed by atoms with van der Waals surface area (Å²) in [5.41, 5.74) is 0.447. The lowest BCUT2D eigenvalue weighted by Crippen LogP contribution is -2.32. The van der Waals surface area contributed by atoms with E-state index in [9.17, 15) is 30.8 Å². The normalized spacial score (nSPS) is 12.7. The molecule has 0 fully saturated rings. The molecule has 0 aliphatic heterocycles. The molecular weight excluding hydrogens is 540 g/mol. The van der Waals surface area contributed by atoms with Crippen molar-refractivity contribution in [1.82, 2.24) is 5.32 Å². The SMILES string of the molecule is CC(C)C(COc1ccc(-c2ccc(C(F)(F)F)cc2F)cc1)Nc1ccc(C(=O)NCCS(=O)(=O)O)cc1. The number of carbonyl (C=O) groups is 1. The van der Waals surface area contributed by atoms with Gasteiger partial charge in [0.05, 0.1) is 17.4 Å². The van der Waals surface area contributed by atoms with Crippen molar-refractivity contribution in [3.8, 4) is 16.9 Å². The number of anilines is 1. The zero-order valence-electron chi connectivity index (χ0n) is 21.1. The molecule has 1 amide bonds. The Morgan fingerprint density at radius 3 is 2.18 bits per heavy atom. The minimum absolute atomic E-state index is 0.0480. The Morgan fingerprint density at radius 1 is 1.00 bits per heavy atom. The third kappa shape index (κ3) is 8.96. The molecule has 3 aromatic rings. The molecule has 0 heterocycles. The Morgan fingerprint density at radius 2 is 1.64 bits per heavy atom.